The van der Waals surface area contributed by atoms with Gasteiger partial charge in [-0.25, -0.2) is 0 Å². The molecule has 26 heavy (non-hydrogen) atoms. The first-order valence-corrected chi connectivity index (χ1v) is 9.82. The number of halogens is 1. The maximum absolute atomic E-state index is 13.4. The van der Waals surface area contributed by atoms with Crippen molar-refractivity contribution in [1.29, 1.82) is 0 Å². The molecule has 0 fully saturated rings. The van der Waals surface area contributed by atoms with E-state index < -0.39 is 5.41 Å². The van der Waals surface area contributed by atoms with Gasteiger partial charge >= 0.3 is 0 Å². The van der Waals surface area contributed by atoms with Crippen LogP contribution in [-0.4, -0.2) is 16.2 Å². The van der Waals surface area contributed by atoms with Crippen molar-refractivity contribution in [1.82, 2.24) is 0 Å². The van der Waals surface area contributed by atoms with Crippen LogP contribution in [0.2, 0.25) is 0 Å². The van der Waals surface area contributed by atoms with Gasteiger partial charge in [-0.1, -0.05) is 52.3 Å². The minimum Gasteiger partial charge on any atom is -0.618 e. The molecule has 0 amide bonds. The molecule has 2 heterocycles. The van der Waals surface area contributed by atoms with E-state index in [1.807, 2.05) is 60.0 Å². The fraction of sp³-hybridized carbons (Fsp3) is 0.0476. The molecule has 1 spiro atoms. The number of allylic oxidation sites excluding steroid dienone is 1. The molecule has 0 saturated heterocycles. The highest BCUT2D eigenvalue weighted by Gasteiger charge is 2.59. The SMILES string of the molecule is O=C1C=Cc2ccc(Br)cc2[C@@]12C(c1cccs1)=[N+]([O-])c1ccccc12. The molecule has 126 valence electrons. The van der Waals surface area contributed by atoms with Crippen molar-refractivity contribution < 1.29 is 9.53 Å². The van der Waals surface area contributed by atoms with E-state index in [2.05, 4.69) is 15.9 Å². The van der Waals surface area contributed by atoms with Crippen LogP contribution >= 0.6 is 27.3 Å². The number of benzene rings is 2. The average molecular weight is 422 g/mol. The van der Waals surface area contributed by atoms with Crippen LogP contribution in [0.3, 0.4) is 0 Å². The van der Waals surface area contributed by atoms with Gasteiger partial charge in [0, 0.05) is 10.5 Å². The molecule has 0 bridgehead atoms. The Balaban J connectivity index is 1.97. The number of fused-ring (bicyclic) bond motifs is 4. The third-order valence-electron chi connectivity index (χ3n) is 5.04. The highest BCUT2D eigenvalue weighted by atomic mass is 79.9. The van der Waals surface area contributed by atoms with Crippen molar-refractivity contribution in [2.45, 2.75) is 5.41 Å². The van der Waals surface area contributed by atoms with Crippen molar-refractivity contribution in [3.8, 4) is 0 Å². The largest absolute Gasteiger partial charge is 0.618 e. The van der Waals surface area contributed by atoms with Crippen molar-refractivity contribution >= 4 is 50.5 Å². The Morgan fingerprint density at radius 2 is 1.85 bits per heavy atom. The van der Waals surface area contributed by atoms with Gasteiger partial charge in [-0.05, 0) is 40.8 Å². The zero-order valence-electron chi connectivity index (χ0n) is 13.5. The fourth-order valence-corrected chi connectivity index (χ4v) is 5.18. The zero-order chi connectivity index (χ0) is 17.9. The predicted octanol–water partition coefficient (Wildman–Crippen LogP) is 5.04. The Morgan fingerprint density at radius 1 is 1.00 bits per heavy atom. The first-order valence-electron chi connectivity index (χ1n) is 8.14. The van der Waals surface area contributed by atoms with Crippen LogP contribution in [-0.2, 0) is 10.2 Å². The summed E-state index contributed by atoms with van der Waals surface area (Å²) in [6, 6.07) is 17.1. The molecule has 0 N–H and O–H groups in total. The molecule has 0 radical (unpaired) electrons. The highest BCUT2D eigenvalue weighted by molar-refractivity contribution is 9.10. The summed E-state index contributed by atoms with van der Waals surface area (Å²) in [6.07, 6.45) is 3.43. The summed E-state index contributed by atoms with van der Waals surface area (Å²) in [4.78, 5) is 14.2. The molecular formula is C21H12BrNO2S. The van der Waals surface area contributed by atoms with Gasteiger partial charge in [0.25, 0.3) is 0 Å². The molecule has 5 rings (SSSR count). The van der Waals surface area contributed by atoms with Gasteiger partial charge in [-0.15, -0.1) is 11.3 Å². The summed E-state index contributed by atoms with van der Waals surface area (Å²) in [5, 5.41) is 15.2. The van der Waals surface area contributed by atoms with Gasteiger partial charge in [-0.2, -0.15) is 4.74 Å². The number of nitrogens with zero attached hydrogens (tertiary/aromatic N) is 1. The van der Waals surface area contributed by atoms with Gasteiger partial charge in [0.1, 0.15) is 0 Å². The summed E-state index contributed by atoms with van der Waals surface area (Å²) in [7, 11) is 0. The van der Waals surface area contributed by atoms with Gasteiger partial charge in [0.2, 0.25) is 11.4 Å². The van der Waals surface area contributed by atoms with E-state index in [4.69, 9.17) is 0 Å². The Labute approximate surface area is 162 Å². The van der Waals surface area contributed by atoms with Gasteiger partial charge in [0.15, 0.2) is 11.2 Å². The van der Waals surface area contributed by atoms with Crippen molar-refractivity contribution in [3.05, 3.63) is 97.3 Å². The molecule has 3 aromatic rings. The third-order valence-corrected chi connectivity index (χ3v) is 6.41. The zero-order valence-corrected chi connectivity index (χ0v) is 15.9. The second-order valence-electron chi connectivity index (χ2n) is 6.32. The second kappa shape index (κ2) is 5.50. The first kappa shape index (κ1) is 15.7. The van der Waals surface area contributed by atoms with E-state index in [1.54, 1.807) is 12.1 Å². The van der Waals surface area contributed by atoms with Gasteiger partial charge < -0.3 is 5.21 Å². The number of ketones is 1. The third kappa shape index (κ3) is 1.87. The van der Waals surface area contributed by atoms with Crippen LogP contribution in [0.5, 0.6) is 0 Å². The molecule has 2 aliphatic rings. The van der Waals surface area contributed by atoms with Crippen LogP contribution in [0.15, 0.2) is 70.5 Å². The van der Waals surface area contributed by atoms with Gasteiger partial charge in [0.05, 0.1) is 10.4 Å². The molecule has 2 aromatic carbocycles. The van der Waals surface area contributed by atoms with E-state index >= 15 is 0 Å². The quantitative estimate of drug-likeness (QED) is 0.408. The first-order chi connectivity index (χ1) is 12.6. The summed E-state index contributed by atoms with van der Waals surface area (Å²) in [5.41, 5.74) is 2.44. The molecule has 1 atom stereocenters. The summed E-state index contributed by atoms with van der Waals surface area (Å²) < 4.78 is 1.81. The molecular weight excluding hydrogens is 410 g/mol. The maximum Gasteiger partial charge on any atom is 0.233 e. The Kier molecular flexibility index (Phi) is 3.33. The molecule has 1 aromatic heterocycles. The van der Waals surface area contributed by atoms with Crippen LogP contribution in [0.1, 0.15) is 21.6 Å². The highest BCUT2D eigenvalue weighted by Crippen LogP contribution is 2.50. The van der Waals surface area contributed by atoms with E-state index in [9.17, 15) is 10.0 Å². The number of carbonyl (C=O) groups is 1. The molecule has 0 unspecified atom stereocenters. The molecule has 1 aliphatic carbocycles. The van der Waals surface area contributed by atoms with E-state index in [0.29, 0.717) is 11.4 Å². The fourth-order valence-electron chi connectivity index (χ4n) is 4.01. The number of carbonyl (C=O) groups excluding carboxylic acids is 1. The number of para-hydroxylation sites is 1. The monoisotopic (exact) mass is 421 g/mol. The maximum atomic E-state index is 13.4. The number of thiophene rings is 1. The molecule has 0 saturated carbocycles. The van der Waals surface area contributed by atoms with Crippen LogP contribution in [0.4, 0.5) is 5.69 Å². The topological polar surface area (TPSA) is 43.1 Å². The Hall–Kier alpha value is -2.50. The van der Waals surface area contributed by atoms with Crippen LogP contribution in [0, 0.1) is 5.21 Å². The number of hydrogen-bond acceptors (Lipinski definition) is 3. The van der Waals surface area contributed by atoms with Crippen LogP contribution in [0.25, 0.3) is 6.08 Å². The van der Waals surface area contributed by atoms with E-state index in [-0.39, 0.29) is 5.78 Å². The lowest BCUT2D eigenvalue weighted by atomic mass is 9.65. The smallest absolute Gasteiger partial charge is 0.233 e. The normalized spacial score (nSPS) is 20.6. The second-order valence-corrected chi connectivity index (χ2v) is 8.18. The predicted molar refractivity (Wildman–Crippen MR) is 107 cm³/mol. The van der Waals surface area contributed by atoms with E-state index in [1.165, 1.54) is 11.3 Å². The molecule has 5 heteroatoms. The number of hydrogen-bond donors (Lipinski definition) is 0. The molecule has 3 nitrogen and oxygen atoms in total. The summed E-state index contributed by atoms with van der Waals surface area (Å²) >= 11 is 5.01. The lowest BCUT2D eigenvalue weighted by Crippen LogP contribution is -2.45. The Morgan fingerprint density at radius 3 is 2.65 bits per heavy atom. The van der Waals surface area contributed by atoms with E-state index in [0.717, 1.165) is 30.8 Å². The van der Waals surface area contributed by atoms with Gasteiger partial charge in [-0.3, -0.25) is 4.79 Å². The minimum absolute atomic E-state index is 0.0858. The lowest BCUT2D eigenvalue weighted by molar-refractivity contribution is -0.357. The molecule has 1 aliphatic heterocycles. The lowest BCUT2D eigenvalue weighted by Gasteiger charge is -2.30. The van der Waals surface area contributed by atoms with Crippen molar-refractivity contribution in [2.75, 3.05) is 0 Å². The van der Waals surface area contributed by atoms with Crippen LogP contribution < -0.4 is 0 Å². The van der Waals surface area contributed by atoms with Crippen molar-refractivity contribution in [3.63, 3.8) is 0 Å². The Bertz CT molecular complexity index is 1130. The summed E-state index contributed by atoms with van der Waals surface area (Å²) in [6.45, 7) is 0. The van der Waals surface area contributed by atoms with Crippen molar-refractivity contribution in [2.24, 2.45) is 0 Å². The standard InChI is InChI=1S/C21H12BrNO2S/c22-14-9-7-13-8-10-19(24)21(16(13)12-14)15-4-1-2-5-17(15)23(25)20(21)18-6-3-11-26-18/h1-12H/t21-/m1/s1. The average Bonchev–Trinajstić information content (AvgIpc) is 3.25. The summed E-state index contributed by atoms with van der Waals surface area (Å²) in [5.74, 6) is -0.0858. The number of rotatable bonds is 1. The minimum atomic E-state index is -1.11.